The molecule has 0 spiro atoms. The number of para-hydroxylation sites is 1. The van der Waals surface area contributed by atoms with Gasteiger partial charge in [0.05, 0.1) is 19.6 Å². The predicted molar refractivity (Wildman–Crippen MR) is 87.0 cm³/mol. The summed E-state index contributed by atoms with van der Waals surface area (Å²) < 4.78 is 0. The molecule has 0 saturated carbocycles. The summed E-state index contributed by atoms with van der Waals surface area (Å²) in [6, 6.07) is 5.77. The standard InChI is InChI=1S/C16H22N4O3/c1-11-4-3-5-12(2)16(11)19-13(21)8-18-15(23)10-20-7-6-17-14(22)9-20/h3-5H,6-10H2,1-2H3,(H,17,22)(H,18,23)(H,19,21). The van der Waals surface area contributed by atoms with Crippen LogP contribution in [-0.4, -0.2) is 55.3 Å². The van der Waals surface area contributed by atoms with E-state index in [1.165, 1.54) is 0 Å². The van der Waals surface area contributed by atoms with E-state index in [1.54, 1.807) is 4.90 Å². The molecular formula is C16H22N4O3. The molecule has 2 rings (SSSR count). The molecule has 0 unspecified atom stereocenters. The Labute approximate surface area is 135 Å². The number of aryl methyl sites for hydroxylation is 2. The number of anilines is 1. The number of rotatable bonds is 5. The van der Waals surface area contributed by atoms with Gasteiger partial charge in [-0.2, -0.15) is 0 Å². The Morgan fingerprint density at radius 1 is 1.22 bits per heavy atom. The number of hydrogen-bond acceptors (Lipinski definition) is 4. The zero-order chi connectivity index (χ0) is 16.8. The van der Waals surface area contributed by atoms with E-state index in [0.29, 0.717) is 13.1 Å². The van der Waals surface area contributed by atoms with Gasteiger partial charge in [0.2, 0.25) is 17.7 Å². The van der Waals surface area contributed by atoms with Gasteiger partial charge in [0.15, 0.2) is 0 Å². The van der Waals surface area contributed by atoms with Crippen molar-refractivity contribution < 1.29 is 14.4 Å². The third kappa shape index (κ3) is 5.07. The van der Waals surface area contributed by atoms with Gasteiger partial charge in [-0.1, -0.05) is 18.2 Å². The molecule has 124 valence electrons. The van der Waals surface area contributed by atoms with E-state index >= 15 is 0 Å². The highest BCUT2D eigenvalue weighted by Crippen LogP contribution is 2.18. The van der Waals surface area contributed by atoms with Gasteiger partial charge in [-0.05, 0) is 25.0 Å². The maximum atomic E-state index is 12.0. The normalized spacial score (nSPS) is 15.0. The smallest absolute Gasteiger partial charge is 0.243 e. The lowest BCUT2D eigenvalue weighted by molar-refractivity contribution is -0.128. The van der Waals surface area contributed by atoms with Crippen LogP contribution in [0, 0.1) is 13.8 Å². The molecule has 7 nitrogen and oxygen atoms in total. The highest BCUT2D eigenvalue weighted by Gasteiger charge is 2.18. The monoisotopic (exact) mass is 318 g/mol. The van der Waals surface area contributed by atoms with Gasteiger partial charge < -0.3 is 16.0 Å². The third-order valence-corrected chi connectivity index (χ3v) is 3.68. The van der Waals surface area contributed by atoms with Crippen LogP contribution in [0.15, 0.2) is 18.2 Å². The quantitative estimate of drug-likeness (QED) is 0.701. The predicted octanol–water partition coefficient (Wildman–Crippen LogP) is -0.210. The van der Waals surface area contributed by atoms with E-state index in [-0.39, 0.29) is 37.4 Å². The minimum Gasteiger partial charge on any atom is -0.354 e. The van der Waals surface area contributed by atoms with Crippen LogP contribution in [0.3, 0.4) is 0 Å². The number of nitrogens with zero attached hydrogens (tertiary/aromatic N) is 1. The van der Waals surface area contributed by atoms with Crippen LogP contribution in [0.1, 0.15) is 11.1 Å². The van der Waals surface area contributed by atoms with Crippen molar-refractivity contribution in [3.63, 3.8) is 0 Å². The van der Waals surface area contributed by atoms with Crippen molar-refractivity contribution >= 4 is 23.4 Å². The summed E-state index contributed by atoms with van der Waals surface area (Å²) in [4.78, 5) is 36.8. The van der Waals surface area contributed by atoms with Gasteiger partial charge in [-0.3, -0.25) is 19.3 Å². The average molecular weight is 318 g/mol. The molecule has 0 atom stereocenters. The lowest BCUT2D eigenvalue weighted by Crippen LogP contribution is -2.51. The second kappa shape index (κ2) is 7.73. The number of carbonyl (C=O) groups excluding carboxylic acids is 3. The Hall–Kier alpha value is -2.41. The molecule has 0 aliphatic carbocycles. The van der Waals surface area contributed by atoms with Crippen LogP contribution in [-0.2, 0) is 14.4 Å². The summed E-state index contributed by atoms with van der Waals surface area (Å²) >= 11 is 0. The minimum absolute atomic E-state index is 0.0863. The van der Waals surface area contributed by atoms with Gasteiger partial charge in [0, 0.05) is 18.8 Å². The highest BCUT2D eigenvalue weighted by atomic mass is 16.2. The molecule has 3 N–H and O–H groups in total. The summed E-state index contributed by atoms with van der Waals surface area (Å²) in [5.74, 6) is -0.625. The van der Waals surface area contributed by atoms with Crippen molar-refractivity contribution in [3.05, 3.63) is 29.3 Å². The molecule has 3 amide bonds. The molecule has 1 saturated heterocycles. The molecule has 1 fully saturated rings. The van der Waals surface area contributed by atoms with Gasteiger partial charge in [0.1, 0.15) is 0 Å². The highest BCUT2D eigenvalue weighted by molar-refractivity contribution is 5.96. The van der Waals surface area contributed by atoms with Gasteiger partial charge in [0.25, 0.3) is 0 Å². The summed E-state index contributed by atoms with van der Waals surface area (Å²) in [7, 11) is 0. The van der Waals surface area contributed by atoms with Crippen LogP contribution in [0.25, 0.3) is 0 Å². The number of carbonyl (C=O) groups is 3. The zero-order valence-electron chi connectivity index (χ0n) is 13.4. The van der Waals surface area contributed by atoms with E-state index in [2.05, 4.69) is 16.0 Å². The molecule has 1 aromatic carbocycles. The Morgan fingerprint density at radius 2 is 1.91 bits per heavy atom. The molecule has 0 bridgehead atoms. The topological polar surface area (TPSA) is 90.5 Å². The first-order chi connectivity index (χ1) is 11.0. The van der Waals surface area contributed by atoms with E-state index in [0.717, 1.165) is 16.8 Å². The average Bonchev–Trinajstić information content (AvgIpc) is 2.49. The van der Waals surface area contributed by atoms with Gasteiger partial charge >= 0.3 is 0 Å². The van der Waals surface area contributed by atoms with Crippen molar-refractivity contribution in [2.45, 2.75) is 13.8 Å². The summed E-state index contributed by atoms with van der Waals surface area (Å²) in [6.07, 6.45) is 0. The number of amides is 3. The largest absolute Gasteiger partial charge is 0.354 e. The molecular weight excluding hydrogens is 296 g/mol. The first-order valence-corrected chi connectivity index (χ1v) is 7.57. The Kier molecular flexibility index (Phi) is 5.70. The van der Waals surface area contributed by atoms with E-state index in [1.807, 2.05) is 32.0 Å². The summed E-state index contributed by atoms with van der Waals surface area (Å²) in [6.45, 7) is 5.25. The van der Waals surface area contributed by atoms with Crippen molar-refractivity contribution in [3.8, 4) is 0 Å². The third-order valence-electron chi connectivity index (χ3n) is 3.68. The fourth-order valence-electron chi connectivity index (χ4n) is 2.46. The Morgan fingerprint density at radius 3 is 2.57 bits per heavy atom. The minimum atomic E-state index is -0.271. The fraction of sp³-hybridized carbons (Fsp3) is 0.438. The van der Waals surface area contributed by atoms with Gasteiger partial charge in [-0.15, -0.1) is 0 Å². The lowest BCUT2D eigenvalue weighted by atomic mass is 10.1. The van der Waals surface area contributed by atoms with E-state index < -0.39 is 0 Å². The van der Waals surface area contributed by atoms with Crippen LogP contribution in [0.4, 0.5) is 5.69 Å². The molecule has 1 aromatic rings. The van der Waals surface area contributed by atoms with Crippen molar-refractivity contribution in [1.29, 1.82) is 0 Å². The van der Waals surface area contributed by atoms with Crippen LogP contribution in [0.5, 0.6) is 0 Å². The Balaban J connectivity index is 1.77. The molecule has 1 aliphatic heterocycles. The summed E-state index contributed by atoms with van der Waals surface area (Å²) in [5, 5.41) is 8.09. The van der Waals surface area contributed by atoms with Crippen molar-refractivity contribution in [2.75, 3.05) is 38.0 Å². The second-order valence-electron chi connectivity index (χ2n) is 5.65. The number of nitrogens with one attached hydrogen (secondary N) is 3. The van der Waals surface area contributed by atoms with Crippen molar-refractivity contribution in [2.24, 2.45) is 0 Å². The Bertz CT molecular complexity index is 595. The summed E-state index contributed by atoms with van der Waals surface area (Å²) in [5.41, 5.74) is 2.73. The molecule has 1 heterocycles. The molecule has 23 heavy (non-hydrogen) atoms. The van der Waals surface area contributed by atoms with E-state index in [9.17, 15) is 14.4 Å². The lowest BCUT2D eigenvalue weighted by Gasteiger charge is -2.25. The van der Waals surface area contributed by atoms with Crippen molar-refractivity contribution in [1.82, 2.24) is 15.5 Å². The molecule has 0 radical (unpaired) electrons. The molecule has 1 aliphatic rings. The molecule has 0 aromatic heterocycles. The van der Waals surface area contributed by atoms with Crippen LogP contribution < -0.4 is 16.0 Å². The first-order valence-electron chi connectivity index (χ1n) is 7.57. The van der Waals surface area contributed by atoms with Crippen LogP contribution >= 0.6 is 0 Å². The maximum Gasteiger partial charge on any atom is 0.243 e. The first kappa shape index (κ1) is 17.0. The number of hydrogen-bond donors (Lipinski definition) is 3. The number of benzene rings is 1. The van der Waals surface area contributed by atoms with Gasteiger partial charge in [-0.25, -0.2) is 0 Å². The molecule has 7 heteroatoms. The fourth-order valence-corrected chi connectivity index (χ4v) is 2.46. The zero-order valence-corrected chi connectivity index (χ0v) is 13.4. The second-order valence-corrected chi connectivity index (χ2v) is 5.65. The SMILES string of the molecule is Cc1cccc(C)c1NC(=O)CNC(=O)CN1CCNC(=O)C1. The maximum absolute atomic E-state index is 12.0. The van der Waals surface area contributed by atoms with Crippen LogP contribution in [0.2, 0.25) is 0 Å². The van der Waals surface area contributed by atoms with E-state index in [4.69, 9.17) is 0 Å². The number of piperazine rings is 1.